The summed E-state index contributed by atoms with van der Waals surface area (Å²) < 4.78 is 66.6. The molecule has 1 aliphatic heterocycles. The lowest BCUT2D eigenvalue weighted by Crippen LogP contribution is -2.46. The Morgan fingerprint density at radius 1 is 1.19 bits per heavy atom. The van der Waals surface area contributed by atoms with E-state index in [-0.39, 0.29) is 5.56 Å². The van der Waals surface area contributed by atoms with Gasteiger partial charge < -0.3 is 5.32 Å². The summed E-state index contributed by atoms with van der Waals surface area (Å²) in [4.78, 5) is 1.49. The van der Waals surface area contributed by atoms with Gasteiger partial charge >= 0.3 is 6.18 Å². The number of hydrogen-bond donors (Lipinski definition) is 1. The Bertz CT molecular complexity index is 495. The van der Waals surface area contributed by atoms with Crippen LogP contribution in [0.15, 0.2) is 12.1 Å². The van der Waals surface area contributed by atoms with Crippen molar-refractivity contribution in [1.29, 1.82) is 0 Å². The number of halogens is 5. The van der Waals surface area contributed by atoms with Gasteiger partial charge in [0, 0.05) is 37.8 Å². The summed E-state index contributed by atoms with van der Waals surface area (Å²) in [5.41, 5.74) is -0.331. The molecule has 1 heterocycles. The normalized spacial score (nSPS) is 18.8. The molecule has 0 bridgehead atoms. The van der Waals surface area contributed by atoms with Crippen LogP contribution in [0.2, 0.25) is 0 Å². The zero-order chi connectivity index (χ0) is 15.6. The number of piperazine rings is 1. The number of aryl methyl sites for hydroxylation is 1. The summed E-state index contributed by atoms with van der Waals surface area (Å²) in [6, 6.07) is 0.933. The van der Waals surface area contributed by atoms with Gasteiger partial charge in [-0.25, -0.2) is 8.78 Å². The van der Waals surface area contributed by atoms with Gasteiger partial charge in [-0.15, -0.1) is 0 Å². The van der Waals surface area contributed by atoms with Crippen LogP contribution >= 0.6 is 0 Å². The highest BCUT2D eigenvalue weighted by Gasteiger charge is 2.38. The molecule has 1 aromatic carbocycles. The number of nitrogens with zero attached hydrogens (tertiary/aromatic N) is 1. The van der Waals surface area contributed by atoms with Crippen LogP contribution in [0.3, 0.4) is 0 Å². The largest absolute Gasteiger partial charge is 0.390 e. The van der Waals surface area contributed by atoms with Crippen molar-refractivity contribution < 1.29 is 22.0 Å². The van der Waals surface area contributed by atoms with Crippen molar-refractivity contribution in [2.75, 3.05) is 26.2 Å². The van der Waals surface area contributed by atoms with E-state index in [1.165, 1.54) is 17.9 Å². The van der Waals surface area contributed by atoms with Gasteiger partial charge in [-0.2, -0.15) is 13.2 Å². The maximum atomic E-state index is 14.2. The standard InChI is InChI=1S/C14H17F5N2/c1-9-2-3-10(15)12(13(9)16)11(8-14(17,18)19)21-6-4-20-5-7-21/h2-3,11,20H,4-8H2,1H3/t11-/m0/s1. The fourth-order valence-corrected chi connectivity index (χ4v) is 2.61. The predicted molar refractivity (Wildman–Crippen MR) is 69.0 cm³/mol. The van der Waals surface area contributed by atoms with Crippen molar-refractivity contribution >= 4 is 0 Å². The number of benzene rings is 1. The number of nitrogens with one attached hydrogen (secondary N) is 1. The third kappa shape index (κ3) is 3.91. The van der Waals surface area contributed by atoms with Gasteiger partial charge in [0.2, 0.25) is 0 Å². The average molecular weight is 308 g/mol. The van der Waals surface area contributed by atoms with Crippen molar-refractivity contribution in [2.24, 2.45) is 0 Å². The Labute approximate surface area is 119 Å². The molecular weight excluding hydrogens is 291 g/mol. The van der Waals surface area contributed by atoms with Gasteiger partial charge in [0.05, 0.1) is 6.42 Å². The summed E-state index contributed by atoms with van der Waals surface area (Å²) in [6.45, 7) is 3.08. The summed E-state index contributed by atoms with van der Waals surface area (Å²) in [7, 11) is 0. The lowest BCUT2D eigenvalue weighted by atomic mass is 9.97. The van der Waals surface area contributed by atoms with Crippen molar-refractivity contribution in [1.82, 2.24) is 10.2 Å². The lowest BCUT2D eigenvalue weighted by Gasteiger charge is -2.36. The Hall–Kier alpha value is -1.21. The Kier molecular flexibility index (Phi) is 4.83. The van der Waals surface area contributed by atoms with E-state index < -0.39 is 35.8 Å². The average Bonchev–Trinajstić information content (AvgIpc) is 2.42. The Morgan fingerprint density at radius 3 is 2.38 bits per heavy atom. The second-order valence-corrected chi connectivity index (χ2v) is 5.21. The first-order valence-electron chi connectivity index (χ1n) is 6.75. The molecule has 1 atom stereocenters. The van der Waals surface area contributed by atoms with Crippen molar-refractivity contribution in [3.8, 4) is 0 Å². The monoisotopic (exact) mass is 308 g/mol. The highest BCUT2D eigenvalue weighted by Crippen LogP contribution is 2.37. The molecule has 1 fully saturated rings. The van der Waals surface area contributed by atoms with E-state index in [0.717, 1.165) is 6.07 Å². The number of hydrogen-bond acceptors (Lipinski definition) is 2. The van der Waals surface area contributed by atoms with E-state index in [1.54, 1.807) is 0 Å². The van der Waals surface area contributed by atoms with Crippen LogP contribution in [0.4, 0.5) is 22.0 Å². The molecule has 1 N–H and O–H groups in total. The fourth-order valence-electron chi connectivity index (χ4n) is 2.61. The molecule has 7 heteroatoms. The number of alkyl halides is 3. The molecule has 0 aliphatic carbocycles. The van der Waals surface area contributed by atoms with Gasteiger partial charge in [0.15, 0.2) is 0 Å². The minimum Gasteiger partial charge on any atom is -0.314 e. The van der Waals surface area contributed by atoms with Crippen LogP contribution in [0, 0.1) is 18.6 Å². The number of rotatable bonds is 3. The Morgan fingerprint density at radius 2 is 1.81 bits per heavy atom. The minimum absolute atomic E-state index is 0.147. The maximum absolute atomic E-state index is 14.2. The molecule has 118 valence electrons. The molecule has 21 heavy (non-hydrogen) atoms. The van der Waals surface area contributed by atoms with Gasteiger partial charge in [-0.3, -0.25) is 4.90 Å². The van der Waals surface area contributed by atoms with Gasteiger partial charge in [-0.05, 0) is 18.6 Å². The molecule has 1 aliphatic rings. The molecule has 1 saturated heterocycles. The van der Waals surface area contributed by atoms with E-state index in [0.29, 0.717) is 26.2 Å². The van der Waals surface area contributed by atoms with E-state index in [9.17, 15) is 22.0 Å². The van der Waals surface area contributed by atoms with Crippen LogP contribution in [0.1, 0.15) is 23.6 Å². The van der Waals surface area contributed by atoms with Gasteiger partial charge in [0.1, 0.15) is 11.6 Å². The molecule has 2 rings (SSSR count). The highest BCUT2D eigenvalue weighted by atomic mass is 19.4. The summed E-state index contributed by atoms with van der Waals surface area (Å²) in [5.74, 6) is -1.81. The van der Waals surface area contributed by atoms with E-state index in [1.807, 2.05) is 0 Å². The van der Waals surface area contributed by atoms with Crippen LogP contribution in [-0.4, -0.2) is 37.3 Å². The zero-order valence-electron chi connectivity index (χ0n) is 11.6. The van der Waals surface area contributed by atoms with E-state index >= 15 is 0 Å². The van der Waals surface area contributed by atoms with Crippen molar-refractivity contribution in [2.45, 2.75) is 25.6 Å². The van der Waals surface area contributed by atoms with Gasteiger partial charge in [0.25, 0.3) is 0 Å². The molecule has 0 aromatic heterocycles. The van der Waals surface area contributed by atoms with Crippen LogP contribution < -0.4 is 5.32 Å². The second kappa shape index (κ2) is 6.27. The first-order valence-corrected chi connectivity index (χ1v) is 6.75. The molecule has 1 aromatic rings. The summed E-state index contributed by atoms with van der Waals surface area (Å²) in [5, 5.41) is 3.01. The Balaban J connectivity index is 2.41. The van der Waals surface area contributed by atoms with Crippen LogP contribution in [-0.2, 0) is 0 Å². The van der Waals surface area contributed by atoms with Crippen LogP contribution in [0.5, 0.6) is 0 Å². The summed E-state index contributed by atoms with van der Waals surface area (Å²) >= 11 is 0. The van der Waals surface area contributed by atoms with E-state index in [4.69, 9.17) is 0 Å². The molecule has 0 spiro atoms. The zero-order valence-corrected chi connectivity index (χ0v) is 11.6. The smallest absolute Gasteiger partial charge is 0.314 e. The van der Waals surface area contributed by atoms with Crippen molar-refractivity contribution in [3.63, 3.8) is 0 Å². The molecule has 0 radical (unpaired) electrons. The quantitative estimate of drug-likeness (QED) is 0.863. The van der Waals surface area contributed by atoms with Crippen molar-refractivity contribution in [3.05, 3.63) is 34.9 Å². The fraction of sp³-hybridized carbons (Fsp3) is 0.571. The topological polar surface area (TPSA) is 15.3 Å². The van der Waals surface area contributed by atoms with E-state index in [2.05, 4.69) is 5.32 Å². The highest BCUT2D eigenvalue weighted by molar-refractivity contribution is 5.29. The summed E-state index contributed by atoms with van der Waals surface area (Å²) in [6.07, 6.45) is -5.75. The third-order valence-electron chi connectivity index (χ3n) is 3.67. The lowest BCUT2D eigenvalue weighted by molar-refractivity contribution is -0.149. The molecule has 0 amide bonds. The molecule has 0 unspecified atom stereocenters. The maximum Gasteiger partial charge on any atom is 0.390 e. The minimum atomic E-state index is -4.49. The molecular formula is C14H17F5N2. The second-order valence-electron chi connectivity index (χ2n) is 5.21. The predicted octanol–water partition coefficient (Wildman–Crippen LogP) is 3.17. The SMILES string of the molecule is Cc1ccc(F)c([C@H](CC(F)(F)F)N2CCNCC2)c1F. The first-order chi connectivity index (χ1) is 9.79. The first kappa shape index (κ1) is 16.2. The van der Waals surface area contributed by atoms with Crippen LogP contribution in [0.25, 0.3) is 0 Å². The van der Waals surface area contributed by atoms with Gasteiger partial charge in [-0.1, -0.05) is 6.07 Å². The molecule has 0 saturated carbocycles. The third-order valence-corrected chi connectivity index (χ3v) is 3.67. The molecule has 2 nitrogen and oxygen atoms in total.